The molecule has 0 radical (unpaired) electrons. The van der Waals surface area contributed by atoms with Crippen LogP contribution in [0, 0.1) is 6.92 Å². The Balaban J connectivity index is 1.77. The molecule has 0 aromatic carbocycles. The van der Waals surface area contributed by atoms with Crippen molar-refractivity contribution in [2.45, 2.75) is 19.4 Å². The van der Waals surface area contributed by atoms with Crippen LogP contribution in [0.4, 0.5) is 5.95 Å². The van der Waals surface area contributed by atoms with E-state index in [-0.39, 0.29) is 22.7 Å². The fraction of sp³-hybridized carbons (Fsp3) is 0.357. The summed E-state index contributed by atoms with van der Waals surface area (Å²) in [6.07, 6.45) is -1.23. The van der Waals surface area contributed by atoms with Crippen molar-refractivity contribution >= 4 is 24.9 Å². The lowest BCUT2D eigenvalue weighted by Gasteiger charge is -2.21. The molecular formula is C14H18N7O9P. The molecule has 3 unspecified atom stereocenters. The monoisotopic (exact) mass is 459 g/mol. The molecule has 0 bridgehead atoms. The number of rotatable bonds is 8. The predicted octanol–water partition coefficient (Wildman–Crippen LogP) is -2.32. The first kappa shape index (κ1) is 22.5. The Hall–Kier alpha value is -3.14. The molecule has 31 heavy (non-hydrogen) atoms. The van der Waals surface area contributed by atoms with Gasteiger partial charge < -0.3 is 20.8 Å². The van der Waals surface area contributed by atoms with E-state index in [1.165, 1.54) is 6.92 Å². The summed E-state index contributed by atoms with van der Waals surface area (Å²) in [4.78, 5) is 56.7. The van der Waals surface area contributed by atoms with Crippen molar-refractivity contribution in [3.8, 4) is 0 Å². The number of fused-ring (bicyclic) bond motifs is 1. The van der Waals surface area contributed by atoms with Crippen molar-refractivity contribution in [1.29, 1.82) is 0 Å². The lowest BCUT2D eigenvalue weighted by atomic mass is 10.4. The lowest BCUT2D eigenvalue weighted by Crippen LogP contribution is -2.34. The number of nitrogen functional groups attached to an aromatic ring is 1. The molecule has 16 nitrogen and oxygen atoms in total. The third-order valence-electron chi connectivity index (χ3n) is 4.03. The number of H-pyrrole nitrogens is 2. The number of phosphoric ester groups is 1. The third kappa shape index (κ3) is 4.79. The zero-order valence-electron chi connectivity index (χ0n) is 15.8. The summed E-state index contributed by atoms with van der Waals surface area (Å²) in [7, 11) is -4.92. The van der Waals surface area contributed by atoms with Crippen LogP contribution in [0.3, 0.4) is 0 Å². The van der Waals surface area contributed by atoms with E-state index in [0.29, 0.717) is 4.57 Å². The highest BCUT2D eigenvalue weighted by Gasteiger charge is 2.30. The Labute approximate surface area is 171 Å². The zero-order chi connectivity index (χ0) is 22.9. The van der Waals surface area contributed by atoms with Gasteiger partial charge >= 0.3 is 13.5 Å². The SMILES string of the molecule is Cc1cn(C(O)COP(=O)(O)OC(CO)n2cnc3c(=O)[nH]c(N)nc32)c(=O)[nH]c1=O. The molecule has 3 aromatic heterocycles. The van der Waals surface area contributed by atoms with Crippen LogP contribution in [0.25, 0.3) is 11.2 Å². The van der Waals surface area contributed by atoms with Crippen molar-refractivity contribution in [2.75, 3.05) is 18.9 Å². The van der Waals surface area contributed by atoms with Crippen molar-refractivity contribution in [1.82, 2.24) is 29.1 Å². The standard InChI is InChI=1S/C14H18N7O9P/c1-6-2-20(14(26)19-11(6)24)7(23)4-29-31(27,28)30-8(3-22)21-5-16-9-10(21)17-13(15)18-12(9)25/h2,5,7-8,22-23H,3-4H2,1H3,(H,27,28)(H,19,24,26)(H3,15,17,18,25). The Kier molecular flexibility index (Phi) is 6.21. The number of imidazole rings is 1. The molecular weight excluding hydrogens is 441 g/mol. The number of aromatic amines is 2. The number of nitrogens with two attached hydrogens (primary N) is 1. The molecule has 3 atom stereocenters. The van der Waals surface area contributed by atoms with Gasteiger partial charge in [0.2, 0.25) is 5.95 Å². The fourth-order valence-corrected chi connectivity index (χ4v) is 3.42. The predicted molar refractivity (Wildman–Crippen MR) is 103 cm³/mol. The number of anilines is 1. The highest BCUT2D eigenvalue weighted by Crippen LogP contribution is 2.47. The van der Waals surface area contributed by atoms with E-state index in [0.717, 1.165) is 17.1 Å². The maximum atomic E-state index is 12.3. The normalized spacial score (nSPS) is 15.6. The van der Waals surface area contributed by atoms with Gasteiger partial charge in [0, 0.05) is 11.8 Å². The van der Waals surface area contributed by atoms with Crippen LogP contribution in [-0.4, -0.2) is 57.4 Å². The van der Waals surface area contributed by atoms with Crippen molar-refractivity contribution in [3.05, 3.63) is 49.3 Å². The fourth-order valence-electron chi connectivity index (χ4n) is 2.56. The molecule has 0 aliphatic heterocycles. The van der Waals surface area contributed by atoms with E-state index in [9.17, 15) is 34.1 Å². The molecule has 3 aromatic rings. The molecule has 0 saturated heterocycles. The largest absolute Gasteiger partial charge is 0.474 e. The number of nitrogens with one attached hydrogen (secondary N) is 2. The summed E-state index contributed by atoms with van der Waals surface area (Å²) in [5, 5.41) is 19.6. The number of aromatic nitrogens is 6. The average Bonchev–Trinajstić information content (AvgIpc) is 3.11. The second kappa shape index (κ2) is 8.54. The summed E-state index contributed by atoms with van der Waals surface area (Å²) < 4.78 is 23.5. The van der Waals surface area contributed by atoms with Crippen LogP contribution in [0.15, 0.2) is 26.9 Å². The maximum absolute atomic E-state index is 12.3. The van der Waals surface area contributed by atoms with Gasteiger partial charge in [-0.15, -0.1) is 0 Å². The van der Waals surface area contributed by atoms with Gasteiger partial charge in [-0.25, -0.2) is 14.3 Å². The van der Waals surface area contributed by atoms with Gasteiger partial charge in [-0.05, 0) is 6.92 Å². The second-order valence-corrected chi connectivity index (χ2v) is 7.65. The van der Waals surface area contributed by atoms with Gasteiger partial charge in [-0.3, -0.25) is 37.7 Å². The number of aryl methyl sites for hydroxylation is 1. The Morgan fingerprint density at radius 3 is 2.65 bits per heavy atom. The number of hydrogen-bond donors (Lipinski definition) is 6. The Bertz CT molecular complexity index is 1330. The molecule has 17 heteroatoms. The minimum Gasteiger partial charge on any atom is -0.392 e. The molecule has 7 N–H and O–H groups in total. The van der Waals surface area contributed by atoms with E-state index in [4.69, 9.17) is 10.3 Å². The number of hydrogen-bond acceptors (Lipinski definition) is 11. The molecule has 3 heterocycles. The summed E-state index contributed by atoms with van der Waals surface area (Å²) in [5.41, 5.74) is 3.00. The molecule has 0 aliphatic carbocycles. The number of nitrogens with zero attached hydrogens (tertiary/aromatic N) is 4. The third-order valence-corrected chi connectivity index (χ3v) is 5.01. The molecule has 3 rings (SSSR count). The summed E-state index contributed by atoms with van der Waals surface area (Å²) in [6, 6.07) is 0. The van der Waals surface area contributed by atoms with Crippen LogP contribution in [0.1, 0.15) is 18.0 Å². The molecule has 0 saturated carbocycles. The summed E-state index contributed by atoms with van der Waals surface area (Å²) in [5.74, 6) is -0.260. The molecule has 0 aliphatic rings. The van der Waals surface area contributed by atoms with E-state index < -0.39 is 50.3 Å². The van der Waals surface area contributed by atoms with E-state index in [2.05, 4.69) is 19.5 Å². The van der Waals surface area contributed by atoms with E-state index in [1.54, 1.807) is 0 Å². The second-order valence-electron chi connectivity index (χ2n) is 6.24. The van der Waals surface area contributed by atoms with Crippen LogP contribution in [0.5, 0.6) is 0 Å². The van der Waals surface area contributed by atoms with Crippen LogP contribution >= 0.6 is 7.82 Å². The molecule has 168 valence electrons. The summed E-state index contributed by atoms with van der Waals surface area (Å²) in [6.45, 7) is -0.350. The first-order chi connectivity index (χ1) is 14.5. The van der Waals surface area contributed by atoms with Crippen LogP contribution in [0.2, 0.25) is 0 Å². The zero-order valence-corrected chi connectivity index (χ0v) is 16.7. The number of aliphatic hydroxyl groups excluding tert-OH is 2. The van der Waals surface area contributed by atoms with Crippen molar-refractivity contribution < 1.29 is 28.7 Å². The molecule has 0 spiro atoms. The topological polar surface area (TPSA) is 241 Å². The quantitative estimate of drug-likeness (QED) is 0.194. The maximum Gasteiger partial charge on any atom is 0.474 e. The van der Waals surface area contributed by atoms with E-state index >= 15 is 0 Å². The minimum absolute atomic E-state index is 0.108. The Morgan fingerprint density at radius 2 is 1.97 bits per heavy atom. The van der Waals surface area contributed by atoms with Crippen molar-refractivity contribution in [3.63, 3.8) is 0 Å². The van der Waals surface area contributed by atoms with Crippen LogP contribution < -0.4 is 22.5 Å². The van der Waals surface area contributed by atoms with Crippen LogP contribution in [-0.2, 0) is 13.6 Å². The van der Waals surface area contributed by atoms with Crippen molar-refractivity contribution in [2.24, 2.45) is 0 Å². The first-order valence-electron chi connectivity index (χ1n) is 8.51. The average molecular weight is 459 g/mol. The Morgan fingerprint density at radius 1 is 1.26 bits per heavy atom. The van der Waals surface area contributed by atoms with Gasteiger partial charge in [0.15, 0.2) is 23.6 Å². The first-order valence-corrected chi connectivity index (χ1v) is 10.0. The van der Waals surface area contributed by atoms with Gasteiger partial charge in [-0.1, -0.05) is 0 Å². The summed E-state index contributed by atoms with van der Waals surface area (Å²) >= 11 is 0. The number of phosphoric acid groups is 1. The number of aliphatic hydroxyl groups is 2. The highest BCUT2D eigenvalue weighted by molar-refractivity contribution is 7.47. The molecule has 0 fully saturated rings. The van der Waals surface area contributed by atoms with E-state index in [1.807, 2.05) is 4.98 Å². The van der Waals surface area contributed by atoms with Gasteiger partial charge in [0.1, 0.15) is 6.61 Å². The van der Waals surface area contributed by atoms with Gasteiger partial charge in [-0.2, -0.15) is 4.98 Å². The lowest BCUT2D eigenvalue weighted by molar-refractivity contribution is -0.00456. The molecule has 0 amide bonds. The van der Waals surface area contributed by atoms with Gasteiger partial charge in [0.05, 0.1) is 12.9 Å². The smallest absolute Gasteiger partial charge is 0.392 e. The highest BCUT2D eigenvalue weighted by atomic mass is 31.2. The minimum atomic E-state index is -4.92. The van der Waals surface area contributed by atoms with Gasteiger partial charge in [0.25, 0.3) is 11.1 Å².